The van der Waals surface area contributed by atoms with Gasteiger partial charge in [-0.3, -0.25) is 4.68 Å². The molecule has 0 amide bonds. The lowest BCUT2D eigenvalue weighted by Crippen LogP contribution is -2.22. The zero-order chi connectivity index (χ0) is 10.9. The Labute approximate surface area is 91.6 Å². The number of ether oxygens (including phenoxy) is 1. The average Bonchev–Trinajstić information content (AvgIpc) is 2.63. The number of hydrogen-bond acceptors (Lipinski definition) is 3. The minimum Gasteiger partial charge on any atom is -0.380 e. The highest BCUT2D eigenvalue weighted by Gasteiger charge is 1.95. The zero-order valence-corrected chi connectivity index (χ0v) is 9.70. The minimum absolute atomic E-state index is 0.806. The second-order valence-electron chi connectivity index (χ2n) is 3.63. The van der Waals surface area contributed by atoms with E-state index in [1.165, 1.54) is 5.56 Å². The van der Waals surface area contributed by atoms with Crippen molar-refractivity contribution in [3.63, 3.8) is 0 Å². The van der Waals surface area contributed by atoms with Gasteiger partial charge in [-0.1, -0.05) is 6.92 Å². The van der Waals surface area contributed by atoms with Gasteiger partial charge in [0, 0.05) is 26.4 Å². The molecule has 1 N–H and O–H groups in total. The molecular formula is C11H21N3O. The summed E-state index contributed by atoms with van der Waals surface area (Å²) in [6.07, 6.45) is 6.09. The van der Waals surface area contributed by atoms with E-state index in [-0.39, 0.29) is 0 Å². The Morgan fingerprint density at radius 2 is 2.27 bits per heavy atom. The predicted molar refractivity (Wildman–Crippen MR) is 60.9 cm³/mol. The van der Waals surface area contributed by atoms with E-state index in [1.807, 2.05) is 17.9 Å². The molecule has 1 heterocycles. The molecule has 4 heteroatoms. The first-order chi connectivity index (χ1) is 7.33. The zero-order valence-electron chi connectivity index (χ0n) is 9.70. The van der Waals surface area contributed by atoms with Crippen LogP contribution in [0.15, 0.2) is 12.4 Å². The van der Waals surface area contributed by atoms with Gasteiger partial charge < -0.3 is 10.1 Å². The van der Waals surface area contributed by atoms with Crippen LogP contribution >= 0.6 is 0 Å². The third-order valence-corrected chi connectivity index (χ3v) is 2.12. The monoisotopic (exact) mass is 211 g/mol. The summed E-state index contributed by atoms with van der Waals surface area (Å²) < 4.78 is 7.19. The van der Waals surface area contributed by atoms with E-state index in [4.69, 9.17) is 4.74 Å². The van der Waals surface area contributed by atoms with Crippen molar-refractivity contribution in [1.82, 2.24) is 15.1 Å². The van der Waals surface area contributed by atoms with Gasteiger partial charge in [-0.2, -0.15) is 5.10 Å². The van der Waals surface area contributed by atoms with E-state index in [1.54, 1.807) is 0 Å². The highest BCUT2D eigenvalue weighted by Crippen LogP contribution is 1.95. The standard InChI is InChI=1S/C11H21N3O/c1-3-7-15-8-6-12-5-4-11-9-13-14(2)10-11/h9-10,12H,3-8H2,1-2H3. The molecule has 0 aromatic carbocycles. The maximum Gasteiger partial charge on any atom is 0.0590 e. The van der Waals surface area contributed by atoms with Crippen LogP contribution in [0.1, 0.15) is 18.9 Å². The van der Waals surface area contributed by atoms with Crippen LogP contribution in [-0.2, 0) is 18.2 Å². The van der Waals surface area contributed by atoms with Gasteiger partial charge in [0.15, 0.2) is 0 Å². The van der Waals surface area contributed by atoms with E-state index in [0.29, 0.717) is 0 Å². The van der Waals surface area contributed by atoms with Gasteiger partial charge in [0.25, 0.3) is 0 Å². The molecule has 0 atom stereocenters. The fourth-order valence-corrected chi connectivity index (χ4v) is 1.35. The maximum absolute atomic E-state index is 5.36. The van der Waals surface area contributed by atoms with Crippen molar-refractivity contribution in [3.8, 4) is 0 Å². The van der Waals surface area contributed by atoms with Crippen molar-refractivity contribution >= 4 is 0 Å². The van der Waals surface area contributed by atoms with E-state index in [9.17, 15) is 0 Å². The first kappa shape index (κ1) is 12.2. The summed E-state index contributed by atoms with van der Waals surface area (Å²) in [5.41, 5.74) is 1.28. The summed E-state index contributed by atoms with van der Waals surface area (Å²) in [7, 11) is 1.94. The van der Waals surface area contributed by atoms with E-state index in [0.717, 1.165) is 39.1 Å². The van der Waals surface area contributed by atoms with Crippen LogP contribution in [0.4, 0.5) is 0 Å². The fraction of sp³-hybridized carbons (Fsp3) is 0.727. The molecule has 0 aliphatic heterocycles. The van der Waals surface area contributed by atoms with E-state index < -0.39 is 0 Å². The minimum atomic E-state index is 0.806. The van der Waals surface area contributed by atoms with Crippen molar-refractivity contribution < 1.29 is 4.74 Å². The maximum atomic E-state index is 5.36. The number of aromatic nitrogens is 2. The molecule has 0 spiro atoms. The van der Waals surface area contributed by atoms with Gasteiger partial charge in [0.1, 0.15) is 0 Å². The third-order valence-electron chi connectivity index (χ3n) is 2.12. The molecule has 0 bridgehead atoms. The van der Waals surface area contributed by atoms with Crippen molar-refractivity contribution in [2.24, 2.45) is 7.05 Å². The molecular weight excluding hydrogens is 190 g/mol. The van der Waals surface area contributed by atoms with Crippen LogP contribution < -0.4 is 5.32 Å². The second-order valence-corrected chi connectivity index (χ2v) is 3.63. The number of hydrogen-bond donors (Lipinski definition) is 1. The first-order valence-corrected chi connectivity index (χ1v) is 5.59. The van der Waals surface area contributed by atoms with Gasteiger partial charge in [-0.15, -0.1) is 0 Å². The molecule has 0 fully saturated rings. The SMILES string of the molecule is CCCOCCNCCc1cnn(C)c1. The Hall–Kier alpha value is -0.870. The molecule has 0 aliphatic rings. The Morgan fingerprint density at radius 1 is 1.40 bits per heavy atom. The summed E-state index contributed by atoms with van der Waals surface area (Å²) in [4.78, 5) is 0. The van der Waals surface area contributed by atoms with Crippen LogP contribution in [0.3, 0.4) is 0 Å². The summed E-state index contributed by atoms with van der Waals surface area (Å²) in [5, 5.41) is 7.46. The van der Waals surface area contributed by atoms with Gasteiger partial charge >= 0.3 is 0 Å². The highest BCUT2D eigenvalue weighted by molar-refractivity contribution is 5.03. The Balaban J connectivity index is 1.93. The molecule has 1 aromatic rings. The number of nitrogens with one attached hydrogen (secondary N) is 1. The molecule has 0 saturated heterocycles. The van der Waals surface area contributed by atoms with Gasteiger partial charge in [0.05, 0.1) is 12.8 Å². The summed E-state index contributed by atoms with van der Waals surface area (Å²) in [6, 6.07) is 0. The second kappa shape index (κ2) is 7.43. The van der Waals surface area contributed by atoms with Crippen LogP contribution in [0.5, 0.6) is 0 Å². The lowest BCUT2D eigenvalue weighted by molar-refractivity contribution is 0.137. The van der Waals surface area contributed by atoms with E-state index in [2.05, 4.69) is 23.5 Å². The fourth-order valence-electron chi connectivity index (χ4n) is 1.35. The molecule has 15 heavy (non-hydrogen) atoms. The van der Waals surface area contributed by atoms with Crippen molar-refractivity contribution in [1.29, 1.82) is 0 Å². The lowest BCUT2D eigenvalue weighted by Gasteiger charge is -2.04. The first-order valence-electron chi connectivity index (χ1n) is 5.59. The quantitative estimate of drug-likeness (QED) is 0.651. The van der Waals surface area contributed by atoms with Gasteiger partial charge in [-0.05, 0) is 24.9 Å². The number of aryl methyl sites for hydroxylation is 1. The Morgan fingerprint density at radius 3 is 2.93 bits per heavy atom. The third kappa shape index (κ3) is 5.54. The molecule has 86 valence electrons. The summed E-state index contributed by atoms with van der Waals surface area (Å²) in [5.74, 6) is 0. The molecule has 4 nitrogen and oxygen atoms in total. The molecule has 0 saturated carbocycles. The van der Waals surface area contributed by atoms with Crippen LogP contribution in [0.25, 0.3) is 0 Å². The summed E-state index contributed by atoms with van der Waals surface area (Å²) >= 11 is 0. The van der Waals surface area contributed by atoms with Gasteiger partial charge in [-0.25, -0.2) is 0 Å². The normalized spacial score (nSPS) is 10.8. The Bertz CT molecular complexity index is 260. The van der Waals surface area contributed by atoms with Crippen molar-refractivity contribution in [2.75, 3.05) is 26.3 Å². The molecule has 0 aliphatic carbocycles. The number of rotatable bonds is 8. The largest absolute Gasteiger partial charge is 0.380 e. The average molecular weight is 211 g/mol. The van der Waals surface area contributed by atoms with Crippen molar-refractivity contribution in [2.45, 2.75) is 19.8 Å². The molecule has 1 aromatic heterocycles. The van der Waals surface area contributed by atoms with Crippen molar-refractivity contribution in [3.05, 3.63) is 18.0 Å². The highest BCUT2D eigenvalue weighted by atomic mass is 16.5. The predicted octanol–water partition coefficient (Wildman–Crippen LogP) is 0.979. The lowest BCUT2D eigenvalue weighted by atomic mass is 10.2. The Kier molecular flexibility index (Phi) is 6.04. The summed E-state index contributed by atoms with van der Waals surface area (Å²) in [6.45, 7) is 5.71. The van der Waals surface area contributed by atoms with Crippen LogP contribution in [0, 0.1) is 0 Å². The molecule has 0 radical (unpaired) electrons. The number of nitrogens with zero attached hydrogens (tertiary/aromatic N) is 2. The van der Waals surface area contributed by atoms with Gasteiger partial charge in [0.2, 0.25) is 0 Å². The van der Waals surface area contributed by atoms with E-state index >= 15 is 0 Å². The smallest absolute Gasteiger partial charge is 0.0590 e. The molecule has 1 rings (SSSR count). The molecule has 0 unspecified atom stereocenters. The van der Waals surface area contributed by atoms with Crippen LogP contribution in [0.2, 0.25) is 0 Å². The van der Waals surface area contributed by atoms with Crippen LogP contribution in [-0.4, -0.2) is 36.1 Å². The topological polar surface area (TPSA) is 39.1 Å².